The first-order chi connectivity index (χ1) is 15.2. The summed E-state index contributed by atoms with van der Waals surface area (Å²) in [6.07, 6.45) is 4.81. The van der Waals surface area contributed by atoms with E-state index in [0.29, 0.717) is 19.0 Å². The van der Waals surface area contributed by atoms with Gasteiger partial charge in [-0.25, -0.2) is 0 Å². The van der Waals surface area contributed by atoms with Crippen molar-refractivity contribution in [1.82, 2.24) is 4.90 Å². The maximum atomic E-state index is 11.0. The summed E-state index contributed by atoms with van der Waals surface area (Å²) < 4.78 is 6.47. The van der Waals surface area contributed by atoms with Crippen LogP contribution in [-0.2, 0) is 11.3 Å². The smallest absolute Gasteiger partial charge is 0.309 e. The van der Waals surface area contributed by atoms with Crippen molar-refractivity contribution in [2.24, 2.45) is 5.92 Å². The van der Waals surface area contributed by atoms with Gasteiger partial charge in [-0.1, -0.05) is 54.6 Å². The van der Waals surface area contributed by atoms with Gasteiger partial charge >= 0.3 is 5.97 Å². The third kappa shape index (κ3) is 4.45. The molecule has 4 nitrogen and oxygen atoms in total. The Kier molecular flexibility index (Phi) is 5.65. The van der Waals surface area contributed by atoms with E-state index >= 15 is 0 Å². The van der Waals surface area contributed by atoms with Gasteiger partial charge in [0.25, 0.3) is 0 Å². The van der Waals surface area contributed by atoms with Crippen LogP contribution in [0.5, 0.6) is 5.75 Å². The molecule has 0 amide bonds. The van der Waals surface area contributed by atoms with Gasteiger partial charge in [-0.3, -0.25) is 9.69 Å². The topological polar surface area (TPSA) is 49.8 Å². The molecule has 0 radical (unpaired) electrons. The lowest BCUT2D eigenvalue weighted by Crippen LogP contribution is -2.49. The van der Waals surface area contributed by atoms with Crippen molar-refractivity contribution in [2.75, 3.05) is 13.1 Å². The monoisotopic (exact) mass is 415 g/mol. The van der Waals surface area contributed by atoms with E-state index < -0.39 is 5.97 Å². The van der Waals surface area contributed by atoms with Gasteiger partial charge in [-0.05, 0) is 60.2 Å². The number of nitrogens with zero attached hydrogens (tertiary/aromatic N) is 1. The number of ether oxygens (including phenoxy) is 1. The van der Waals surface area contributed by atoms with E-state index in [0.717, 1.165) is 30.5 Å². The zero-order valence-corrected chi connectivity index (χ0v) is 17.7. The third-order valence-electron chi connectivity index (χ3n) is 6.86. The van der Waals surface area contributed by atoms with Gasteiger partial charge in [0.2, 0.25) is 0 Å². The van der Waals surface area contributed by atoms with Crippen molar-refractivity contribution in [1.29, 1.82) is 0 Å². The van der Waals surface area contributed by atoms with Crippen LogP contribution in [0, 0.1) is 5.92 Å². The highest BCUT2D eigenvalue weighted by molar-refractivity contribution is 5.88. The summed E-state index contributed by atoms with van der Waals surface area (Å²) in [4.78, 5) is 13.2. The molecule has 0 spiro atoms. The Hall–Kier alpha value is -2.85. The van der Waals surface area contributed by atoms with E-state index in [1.807, 2.05) is 0 Å². The first-order valence-corrected chi connectivity index (χ1v) is 11.3. The fraction of sp³-hybridized carbons (Fsp3) is 0.370. The van der Waals surface area contributed by atoms with E-state index in [1.165, 1.54) is 29.4 Å². The number of likely N-dealkylation sites (tertiary alicyclic amines) is 1. The Bertz CT molecular complexity index is 1050. The van der Waals surface area contributed by atoms with Crippen LogP contribution in [0.4, 0.5) is 0 Å². The molecular weight excluding hydrogens is 386 g/mol. The van der Waals surface area contributed by atoms with Crippen molar-refractivity contribution in [2.45, 2.75) is 44.2 Å². The molecule has 1 heterocycles. The Balaban J connectivity index is 1.22. The standard InChI is InChI=1S/C27H29NO3/c29-27(30)23-17-28(18-23)16-19-9-14-25-22(15-19)7-4-8-26(25)31-24-12-10-21(11-13-24)20-5-2-1-3-6-20/h1-9,14-15,21,23-24H,10-13,16-18H2,(H,29,30). The maximum absolute atomic E-state index is 11.0. The molecule has 1 aliphatic carbocycles. The lowest BCUT2D eigenvalue weighted by atomic mass is 9.83. The molecule has 160 valence electrons. The third-order valence-corrected chi connectivity index (χ3v) is 6.86. The number of hydrogen-bond acceptors (Lipinski definition) is 3. The number of rotatable bonds is 6. The molecule has 4 heteroatoms. The number of fused-ring (bicyclic) bond motifs is 1. The zero-order valence-electron chi connectivity index (χ0n) is 17.7. The lowest BCUT2D eigenvalue weighted by Gasteiger charge is -2.36. The van der Waals surface area contributed by atoms with Gasteiger partial charge in [0.05, 0.1) is 12.0 Å². The fourth-order valence-electron chi connectivity index (χ4n) is 5.04. The van der Waals surface area contributed by atoms with Crippen LogP contribution in [0.1, 0.15) is 42.7 Å². The van der Waals surface area contributed by atoms with E-state index in [1.54, 1.807) is 0 Å². The number of carbonyl (C=O) groups is 1. The number of aliphatic carboxylic acids is 1. The minimum absolute atomic E-state index is 0.211. The minimum atomic E-state index is -0.686. The molecule has 31 heavy (non-hydrogen) atoms. The second-order valence-corrected chi connectivity index (χ2v) is 9.04. The molecule has 3 aromatic carbocycles. The summed E-state index contributed by atoms with van der Waals surface area (Å²) in [6.45, 7) is 2.08. The van der Waals surface area contributed by atoms with Gasteiger partial charge in [0.15, 0.2) is 0 Å². The van der Waals surface area contributed by atoms with Crippen molar-refractivity contribution in [3.63, 3.8) is 0 Å². The molecule has 3 aromatic rings. The minimum Gasteiger partial charge on any atom is -0.490 e. The SMILES string of the molecule is O=C(O)C1CN(Cc2ccc3c(OC4CCC(c5ccccc5)CC4)cccc3c2)C1. The van der Waals surface area contributed by atoms with Crippen molar-refractivity contribution in [3.8, 4) is 5.75 Å². The van der Waals surface area contributed by atoms with Crippen LogP contribution in [-0.4, -0.2) is 35.2 Å². The summed E-state index contributed by atoms with van der Waals surface area (Å²) >= 11 is 0. The molecule has 0 atom stereocenters. The van der Waals surface area contributed by atoms with E-state index in [2.05, 4.69) is 71.6 Å². The highest BCUT2D eigenvalue weighted by atomic mass is 16.5. The fourth-order valence-corrected chi connectivity index (χ4v) is 5.04. The number of carboxylic acid groups (broad SMARTS) is 1. The van der Waals surface area contributed by atoms with Gasteiger partial charge < -0.3 is 9.84 Å². The van der Waals surface area contributed by atoms with E-state index in [4.69, 9.17) is 9.84 Å². The quantitative estimate of drug-likeness (QED) is 0.581. The number of carboxylic acids is 1. The maximum Gasteiger partial charge on any atom is 0.309 e. The van der Waals surface area contributed by atoms with Gasteiger partial charge in [-0.2, -0.15) is 0 Å². The molecule has 0 aromatic heterocycles. The van der Waals surface area contributed by atoms with Gasteiger partial charge in [-0.15, -0.1) is 0 Å². The highest BCUT2D eigenvalue weighted by Gasteiger charge is 2.32. The molecule has 1 aliphatic heterocycles. The molecule has 1 saturated carbocycles. The van der Waals surface area contributed by atoms with Crippen LogP contribution in [0.15, 0.2) is 66.7 Å². The van der Waals surface area contributed by atoms with E-state index in [9.17, 15) is 4.79 Å². The molecule has 2 fully saturated rings. The molecule has 0 bridgehead atoms. The first-order valence-electron chi connectivity index (χ1n) is 11.3. The molecular formula is C27H29NO3. The largest absolute Gasteiger partial charge is 0.490 e. The molecule has 0 unspecified atom stereocenters. The summed E-state index contributed by atoms with van der Waals surface area (Å²) in [5.41, 5.74) is 2.67. The summed E-state index contributed by atoms with van der Waals surface area (Å²) in [5, 5.41) is 11.4. The summed E-state index contributed by atoms with van der Waals surface area (Å²) in [6, 6.07) is 23.6. The predicted octanol–water partition coefficient (Wildman–Crippen LogP) is 5.46. The normalized spacial score (nSPS) is 22.2. The molecule has 1 N–H and O–H groups in total. The summed E-state index contributed by atoms with van der Waals surface area (Å²) in [5.74, 6) is 0.729. The Morgan fingerprint density at radius 2 is 1.71 bits per heavy atom. The molecule has 5 rings (SSSR count). The average Bonchev–Trinajstić information content (AvgIpc) is 2.77. The number of benzene rings is 3. The Morgan fingerprint density at radius 1 is 0.935 bits per heavy atom. The predicted molar refractivity (Wildman–Crippen MR) is 122 cm³/mol. The molecule has 2 aliphatic rings. The van der Waals surface area contributed by atoms with E-state index in [-0.39, 0.29) is 12.0 Å². The average molecular weight is 416 g/mol. The first kappa shape index (κ1) is 20.1. The van der Waals surface area contributed by atoms with Crippen LogP contribution < -0.4 is 4.74 Å². The number of hydrogen-bond donors (Lipinski definition) is 1. The van der Waals surface area contributed by atoms with Crippen molar-refractivity contribution in [3.05, 3.63) is 77.9 Å². The highest BCUT2D eigenvalue weighted by Crippen LogP contribution is 2.36. The lowest BCUT2D eigenvalue weighted by molar-refractivity contribution is -0.147. The van der Waals surface area contributed by atoms with Crippen molar-refractivity contribution < 1.29 is 14.6 Å². The summed E-state index contributed by atoms with van der Waals surface area (Å²) in [7, 11) is 0. The second-order valence-electron chi connectivity index (χ2n) is 9.04. The van der Waals surface area contributed by atoms with Gasteiger partial charge in [0, 0.05) is 25.0 Å². The van der Waals surface area contributed by atoms with Crippen molar-refractivity contribution >= 4 is 16.7 Å². The second kappa shape index (κ2) is 8.72. The molecule has 1 saturated heterocycles. The van der Waals surface area contributed by atoms with Crippen LogP contribution >= 0.6 is 0 Å². The zero-order chi connectivity index (χ0) is 21.2. The van der Waals surface area contributed by atoms with Crippen LogP contribution in [0.2, 0.25) is 0 Å². The van der Waals surface area contributed by atoms with Crippen LogP contribution in [0.3, 0.4) is 0 Å². The van der Waals surface area contributed by atoms with Gasteiger partial charge in [0.1, 0.15) is 5.75 Å². The Labute approximate surface area is 183 Å². The van der Waals surface area contributed by atoms with Crippen LogP contribution in [0.25, 0.3) is 10.8 Å². The Morgan fingerprint density at radius 3 is 2.45 bits per heavy atom.